The lowest BCUT2D eigenvalue weighted by Crippen LogP contribution is -2.15. The fourth-order valence-electron chi connectivity index (χ4n) is 4.96. The number of allylic oxidation sites excluding steroid dienone is 2. The molecule has 0 spiro atoms. The lowest BCUT2D eigenvalue weighted by molar-refractivity contribution is 0.101. The SMILES string of the molecule is COc1cccc2c1CCC(=Cc1cccc(C=C3CCc4c(OC)cccc4C3=O)c1)C2=O. The maximum atomic E-state index is 13.1. The standard InChI is InChI=1S/C30H26O4/c1-33-27-10-4-8-25-23(27)14-12-21(29(25)31)17-19-6-3-7-20(16-19)18-22-13-15-24-26(30(22)32)9-5-11-28(24)34-2/h3-11,16-18H,12-15H2,1-2H3. The van der Waals surface area contributed by atoms with E-state index in [0.717, 1.165) is 68.9 Å². The molecular weight excluding hydrogens is 424 g/mol. The first-order chi connectivity index (χ1) is 16.6. The van der Waals surface area contributed by atoms with Crippen LogP contribution in [0.25, 0.3) is 12.2 Å². The molecule has 0 aromatic heterocycles. The molecule has 3 aromatic carbocycles. The van der Waals surface area contributed by atoms with Crippen molar-refractivity contribution in [3.63, 3.8) is 0 Å². The van der Waals surface area contributed by atoms with Gasteiger partial charge in [0.05, 0.1) is 14.2 Å². The van der Waals surface area contributed by atoms with E-state index < -0.39 is 0 Å². The Morgan fingerprint density at radius 2 is 1.06 bits per heavy atom. The number of rotatable bonds is 4. The van der Waals surface area contributed by atoms with Crippen LogP contribution in [0.4, 0.5) is 0 Å². The molecule has 3 aromatic rings. The predicted molar refractivity (Wildman–Crippen MR) is 134 cm³/mol. The zero-order valence-corrected chi connectivity index (χ0v) is 19.4. The number of ketones is 2. The van der Waals surface area contributed by atoms with Crippen molar-refractivity contribution in [2.24, 2.45) is 0 Å². The fourth-order valence-corrected chi connectivity index (χ4v) is 4.96. The van der Waals surface area contributed by atoms with Crippen LogP contribution in [0.5, 0.6) is 11.5 Å². The highest BCUT2D eigenvalue weighted by atomic mass is 16.5. The van der Waals surface area contributed by atoms with Crippen molar-refractivity contribution < 1.29 is 19.1 Å². The molecule has 0 atom stereocenters. The number of carbonyl (C=O) groups is 2. The third-order valence-electron chi connectivity index (χ3n) is 6.66. The van der Waals surface area contributed by atoms with Gasteiger partial charge in [0.1, 0.15) is 11.5 Å². The van der Waals surface area contributed by atoms with E-state index in [0.29, 0.717) is 12.8 Å². The van der Waals surface area contributed by atoms with E-state index in [4.69, 9.17) is 9.47 Å². The largest absolute Gasteiger partial charge is 0.496 e. The van der Waals surface area contributed by atoms with Crippen molar-refractivity contribution in [3.8, 4) is 11.5 Å². The highest BCUT2D eigenvalue weighted by Gasteiger charge is 2.25. The molecule has 0 aliphatic heterocycles. The van der Waals surface area contributed by atoms with Crippen LogP contribution in [0.2, 0.25) is 0 Å². The number of hydrogen-bond donors (Lipinski definition) is 0. The summed E-state index contributed by atoms with van der Waals surface area (Å²) in [5, 5.41) is 0. The molecule has 5 rings (SSSR count). The second-order valence-corrected chi connectivity index (χ2v) is 8.64. The van der Waals surface area contributed by atoms with Crippen LogP contribution >= 0.6 is 0 Å². The Bertz CT molecular complexity index is 1260. The van der Waals surface area contributed by atoms with Crippen LogP contribution < -0.4 is 9.47 Å². The minimum atomic E-state index is 0.0527. The Morgan fingerprint density at radius 3 is 1.50 bits per heavy atom. The number of Topliss-reactive ketones (excluding diaryl/α,β-unsaturated/α-hetero) is 2. The summed E-state index contributed by atoms with van der Waals surface area (Å²) < 4.78 is 10.9. The third kappa shape index (κ3) is 3.96. The Morgan fingerprint density at radius 1 is 0.618 bits per heavy atom. The molecule has 0 saturated carbocycles. The van der Waals surface area contributed by atoms with Gasteiger partial charge in [-0.3, -0.25) is 9.59 Å². The van der Waals surface area contributed by atoms with Gasteiger partial charge in [0.2, 0.25) is 0 Å². The Balaban J connectivity index is 1.42. The van der Waals surface area contributed by atoms with Gasteiger partial charge in [-0.2, -0.15) is 0 Å². The molecule has 4 nitrogen and oxygen atoms in total. The highest BCUT2D eigenvalue weighted by molar-refractivity contribution is 6.14. The summed E-state index contributed by atoms with van der Waals surface area (Å²) in [4.78, 5) is 26.2. The predicted octanol–water partition coefficient (Wildman–Crippen LogP) is 6.13. The molecular formula is C30H26O4. The zero-order chi connectivity index (χ0) is 23.7. The van der Waals surface area contributed by atoms with Gasteiger partial charge in [-0.1, -0.05) is 42.5 Å². The summed E-state index contributed by atoms with van der Waals surface area (Å²) in [6.07, 6.45) is 6.84. The van der Waals surface area contributed by atoms with E-state index >= 15 is 0 Å². The minimum absolute atomic E-state index is 0.0527. The van der Waals surface area contributed by atoms with E-state index in [1.165, 1.54) is 0 Å². The van der Waals surface area contributed by atoms with Crippen molar-refractivity contribution in [3.05, 3.63) is 105 Å². The molecule has 0 N–H and O–H groups in total. The molecule has 4 heteroatoms. The van der Waals surface area contributed by atoms with Gasteiger partial charge >= 0.3 is 0 Å². The first kappa shape index (κ1) is 21.9. The number of hydrogen-bond acceptors (Lipinski definition) is 4. The van der Waals surface area contributed by atoms with Gasteiger partial charge < -0.3 is 9.47 Å². The van der Waals surface area contributed by atoms with Gasteiger partial charge in [0.15, 0.2) is 11.6 Å². The summed E-state index contributed by atoms with van der Waals surface area (Å²) in [6.45, 7) is 0. The van der Waals surface area contributed by atoms with Crippen molar-refractivity contribution in [2.45, 2.75) is 25.7 Å². The molecule has 0 fully saturated rings. The van der Waals surface area contributed by atoms with E-state index in [1.54, 1.807) is 14.2 Å². The van der Waals surface area contributed by atoms with Gasteiger partial charge in [-0.25, -0.2) is 0 Å². The summed E-state index contributed by atoms with van der Waals surface area (Å²) in [5.41, 5.74) is 6.90. The maximum Gasteiger partial charge on any atom is 0.189 e. The molecule has 2 aliphatic rings. The van der Waals surface area contributed by atoms with E-state index in [2.05, 4.69) is 0 Å². The molecule has 34 heavy (non-hydrogen) atoms. The lowest BCUT2D eigenvalue weighted by Gasteiger charge is -2.20. The van der Waals surface area contributed by atoms with Crippen LogP contribution in [0.3, 0.4) is 0 Å². The molecule has 2 aliphatic carbocycles. The first-order valence-electron chi connectivity index (χ1n) is 11.5. The summed E-state index contributed by atoms with van der Waals surface area (Å²) in [7, 11) is 3.27. The Labute approximate surface area is 199 Å². The number of carbonyl (C=O) groups excluding carboxylic acids is 2. The zero-order valence-electron chi connectivity index (χ0n) is 19.4. The molecule has 0 radical (unpaired) electrons. The Kier molecular flexibility index (Phi) is 5.89. The molecule has 0 heterocycles. The second-order valence-electron chi connectivity index (χ2n) is 8.64. The summed E-state index contributed by atoms with van der Waals surface area (Å²) in [5.74, 6) is 1.65. The summed E-state index contributed by atoms with van der Waals surface area (Å²) in [6, 6.07) is 19.2. The topological polar surface area (TPSA) is 52.6 Å². The smallest absolute Gasteiger partial charge is 0.189 e. The normalized spacial score (nSPS) is 17.5. The molecule has 0 amide bonds. The van der Waals surface area contributed by atoms with Crippen molar-refractivity contribution >= 4 is 23.7 Å². The van der Waals surface area contributed by atoms with E-state index in [1.807, 2.05) is 72.8 Å². The van der Waals surface area contributed by atoms with Crippen LogP contribution in [0.1, 0.15) is 55.8 Å². The molecule has 0 saturated heterocycles. The van der Waals surface area contributed by atoms with Gasteiger partial charge in [-0.15, -0.1) is 0 Å². The van der Waals surface area contributed by atoms with Crippen LogP contribution in [-0.4, -0.2) is 25.8 Å². The lowest BCUT2D eigenvalue weighted by atomic mass is 9.85. The fraction of sp³-hybridized carbons (Fsp3) is 0.200. The van der Waals surface area contributed by atoms with Crippen molar-refractivity contribution in [1.29, 1.82) is 0 Å². The Hall–Kier alpha value is -3.92. The quantitative estimate of drug-likeness (QED) is 0.449. The van der Waals surface area contributed by atoms with Gasteiger partial charge in [0.25, 0.3) is 0 Å². The minimum Gasteiger partial charge on any atom is -0.496 e. The van der Waals surface area contributed by atoms with Crippen LogP contribution in [0, 0.1) is 0 Å². The van der Waals surface area contributed by atoms with Crippen LogP contribution in [0.15, 0.2) is 71.8 Å². The van der Waals surface area contributed by atoms with Crippen LogP contribution in [-0.2, 0) is 12.8 Å². The molecule has 170 valence electrons. The van der Waals surface area contributed by atoms with Gasteiger partial charge in [0, 0.05) is 33.4 Å². The highest BCUT2D eigenvalue weighted by Crippen LogP contribution is 2.34. The number of methoxy groups -OCH3 is 2. The maximum absolute atomic E-state index is 13.1. The number of benzene rings is 3. The monoisotopic (exact) mass is 450 g/mol. The number of ether oxygens (including phenoxy) is 2. The average molecular weight is 451 g/mol. The number of fused-ring (bicyclic) bond motifs is 2. The third-order valence-corrected chi connectivity index (χ3v) is 6.66. The first-order valence-corrected chi connectivity index (χ1v) is 11.5. The van der Waals surface area contributed by atoms with Gasteiger partial charge in [-0.05, 0) is 67.2 Å². The summed E-state index contributed by atoms with van der Waals surface area (Å²) >= 11 is 0. The second kappa shape index (κ2) is 9.14. The molecule has 0 unspecified atom stereocenters. The average Bonchev–Trinajstić information content (AvgIpc) is 2.87. The van der Waals surface area contributed by atoms with Crippen molar-refractivity contribution in [2.75, 3.05) is 14.2 Å². The van der Waals surface area contributed by atoms with Crippen molar-refractivity contribution in [1.82, 2.24) is 0 Å². The van der Waals surface area contributed by atoms with E-state index in [9.17, 15) is 9.59 Å². The van der Waals surface area contributed by atoms with E-state index in [-0.39, 0.29) is 11.6 Å². The molecule has 0 bridgehead atoms.